The molecule has 2 fully saturated rings. The summed E-state index contributed by atoms with van der Waals surface area (Å²) in [5, 5.41) is 10.9. The normalized spacial score (nSPS) is 21.6. The van der Waals surface area contributed by atoms with E-state index in [9.17, 15) is 4.79 Å². The van der Waals surface area contributed by atoms with Crippen LogP contribution in [-0.4, -0.2) is 25.8 Å². The molecule has 2 saturated carbocycles. The van der Waals surface area contributed by atoms with E-state index in [0.717, 1.165) is 73.4 Å². The number of benzene rings is 1. The van der Waals surface area contributed by atoms with E-state index in [2.05, 4.69) is 35.0 Å². The fourth-order valence-electron chi connectivity index (χ4n) is 5.10. The van der Waals surface area contributed by atoms with Gasteiger partial charge in [-0.05, 0) is 50.8 Å². The molecule has 0 saturated heterocycles. The van der Waals surface area contributed by atoms with Crippen LogP contribution in [0.15, 0.2) is 22.6 Å². The molecule has 29 heavy (non-hydrogen) atoms. The Kier molecular flexibility index (Phi) is 4.79. The third-order valence-corrected chi connectivity index (χ3v) is 6.89. The monoisotopic (exact) mass is 397 g/mol. The van der Waals surface area contributed by atoms with Gasteiger partial charge in [-0.15, -0.1) is 0 Å². The second-order valence-electron chi connectivity index (χ2n) is 9.08. The largest absolute Gasteiger partial charge is 0.459 e. The Morgan fingerprint density at radius 1 is 1.17 bits per heavy atom. The Balaban J connectivity index is 1.38. The van der Waals surface area contributed by atoms with Gasteiger partial charge in [0.15, 0.2) is 0 Å². The summed E-state index contributed by atoms with van der Waals surface area (Å²) < 4.78 is 12.0. The Bertz CT molecular complexity index is 909. The number of rotatable bonds is 7. The van der Waals surface area contributed by atoms with Crippen LogP contribution in [0.5, 0.6) is 0 Å². The van der Waals surface area contributed by atoms with Gasteiger partial charge in [-0.2, -0.15) is 0 Å². The number of anilines is 1. The van der Waals surface area contributed by atoms with Gasteiger partial charge in [0.1, 0.15) is 11.3 Å². The molecule has 5 rings (SSSR count). The van der Waals surface area contributed by atoms with Gasteiger partial charge in [0, 0.05) is 29.5 Å². The van der Waals surface area contributed by atoms with Crippen LogP contribution in [0.1, 0.15) is 63.2 Å². The highest BCUT2D eigenvalue weighted by Crippen LogP contribution is 2.47. The zero-order valence-corrected chi connectivity index (χ0v) is 17.2. The molecule has 1 spiro atoms. The van der Waals surface area contributed by atoms with E-state index in [4.69, 9.17) is 9.15 Å². The molecule has 2 aromatic rings. The SMILES string of the molecule is CCOCC1(CNCc2cc3ccc4c(c3o2)C2(CCCCC2)NC(=O)N4)CC1. The Hall–Kier alpha value is -2.05. The zero-order valence-electron chi connectivity index (χ0n) is 17.2. The molecule has 0 unspecified atom stereocenters. The first kappa shape index (κ1) is 18.9. The number of urea groups is 1. The molecule has 1 aliphatic heterocycles. The predicted molar refractivity (Wildman–Crippen MR) is 113 cm³/mol. The summed E-state index contributed by atoms with van der Waals surface area (Å²) >= 11 is 0. The maximum Gasteiger partial charge on any atom is 0.319 e. The lowest BCUT2D eigenvalue weighted by Gasteiger charge is -2.42. The van der Waals surface area contributed by atoms with Crippen molar-refractivity contribution in [1.82, 2.24) is 10.6 Å². The number of hydrogen-bond acceptors (Lipinski definition) is 4. The maximum atomic E-state index is 12.3. The number of furan rings is 1. The van der Waals surface area contributed by atoms with Crippen molar-refractivity contribution in [3.05, 3.63) is 29.5 Å². The molecule has 6 heteroatoms. The minimum atomic E-state index is -0.298. The van der Waals surface area contributed by atoms with Crippen LogP contribution in [0.4, 0.5) is 10.5 Å². The maximum absolute atomic E-state index is 12.3. The molecule has 1 aromatic heterocycles. The fourth-order valence-corrected chi connectivity index (χ4v) is 5.10. The average Bonchev–Trinajstić information content (AvgIpc) is 3.36. The Morgan fingerprint density at radius 3 is 2.76 bits per heavy atom. The average molecular weight is 398 g/mol. The third-order valence-electron chi connectivity index (χ3n) is 6.89. The van der Waals surface area contributed by atoms with Gasteiger partial charge in [-0.1, -0.05) is 19.3 Å². The first-order valence-electron chi connectivity index (χ1n) is 11.1. The minimum absolute atomic E-state index is 0.101. The molecular weight excluding hydrogens is 366 g/mol. The van der Waals surface area contributed by atoms with E-state index < -0.39 is 0 Å². The summed E-state index contributed by atoms with van der Waals surface area (Å²) in [4.78, 5) is 12.3. The summed E-state index contributed by atoms with van der Waals surface area (Å²) in [6.07, 6.45) is 7.91. The van der Waals surface area contributed by atoms with Crippen LogP contribution in [-0.2, 0) is 16.8 Å². The summed E-state index contributed by atoms with van der Waals surface area (Å²) in [5.74, 6) is 0.948. The van der Waals surface area contributed by atoms with Gasteiger partial charge in [-0.3, -0.25) is 0 Å². The van der Waals surface area contributed by atoms with E-state index >= 15 is 0 Å². The van der Waals surface area contributed by atoms with E-state index in [1.54, 1.807) is 0 Å². The number of nitrogens with one attached hydrogen (secondary N) is 3. The summed E-state index contributed by atoms with van der Waals surface area (Å²) in [5.41, 5.74) is 2.97. The molecule has 3 aliphatic rings. The van der Waals surface area contributed by atoms with Gasteiger partial charge >= 0.3 is 6.03 Å². The van der Waals surface area contributed by atoms with Crippen molar-refractivity contribution in [2.45, 2.75) is 64.0 Å². The lowest BCUT2D eigenvalue weighted by atomic mass is 9.74. The number of fused-ring (bicyclic) bond motifs is 4. The van der Waals surface area contributed by atoms with Crippen molar-refractivity contribution in [2.75, 3.05) is 25.1 Å². The van der Waals surface area contributed by atoms with Crippen LogP contribution in [0.3, 0.4) is 0 Å². The summed E-state index contributed by atoms with van der Waals surface area (Å²) in [6, 6.07) is 6.12. The number of carbonyl (C=O) groups excluding carboxylic acids is 1. The lowest BCUT2D eigenvalue weighted by molar-refractivity contribution is 0.0996. The van der Waals surface area contributed by atoms with Gasteiger partial charge in [0.2, 0.25) is 0 Å². The summed E-state index contributed by atoms with van der Waals surface area (Å²) in [6.45, 7) is 5.35. The molecule has 6 nitrogen and oxygen atoms in total. The predicted octanol–water partition coefficient (Wildman–Crippen LogP) is 4.63. The molecule has 2 aliphatic carbocycles. The fraction of sp³-hybridized carbons (Fsp3) is 0.609. The number of hydrogen-bond donors (Lipinski definition) is 3. The molecule has 2 heterocycles. The summed E-state index contributed by atoms with van der Waals surface area (Å²) in [7, 11) is 0. The van der Waals surface area contributed by atoms with Crippen molar-refractivity contribution < 1.29 is 13.9 Å². The van der Waals surface area contributed by atoms with Crippen LogP contribution in [0, 0.1) is 5.41 Å². The van der Waals surface area contributed by atoms with Gasteiger partial charge in [0.05, 0.1) is 24.4 Å². The van der Waals surface area contributed by atoms with Crippen molar-refractivity contribution in [1.29, 1.82) is 0 Å². The molecule has 0 radical (unpaired) electrons. The molecule has 3 N–H and O–H groups in total. The Labute approximate surface area is 171 Å². The highest BCUT2D eigenvalue weighted by atomic mass is 16.5. The number of amides is 2. The van der Waals surface area contributed by atoms with E-state index in [-0.39, 0.29) is 11.6 Å². The van der Waals surface area contributed by atoms with Crippen LogP contribution < -0.4 is 16.0 Å². The van der Waals surface area contributed by atoms with E-state index in [1.165, 1.54) is 19.3 Å². The second kappa shape index (κ2) is 7.33. The highest BCUT2D eigenvalue weighted by Gasteiger charge is 2.43. The van der Waals surface area contributed by atoms with Crippen molar-refractivity contribution >= 4 is 22.7 Å². The quantitative estimate of drug-likeness (QED) is 0.636. The Morgan fingerprint density at radius 2 is 2.00 bits per heavy atom. The third kappa shape index (κ3) is 3.53. The van der Waals surface area contributed by atoms with Crippen molar-refractivity contribution in [3.8, 4) is 0 Å². The minimum Gasteiger partial charge on any atom is -0.459 e. The molecule has 156 valence electrons. The lowest BCUT2D eigenvalue weighted by Crippen LogP contribution is -2.52. The number of carbonyl (C=O) groups is 1. The molecule has 2 amide bonds. The van der Waals surface area contributed by atoms with Crippen molar-refractivity contribution in [2.24, 2.45) is 5.41 Å². The molecule has 0 bridgehead atoms. The van der Waals surface area contributed by atoms with E-state index in [0.29, 0.717) is 12.0 Å². The smallest absolute Gasteiger partial charge is 0.319 e. The highest BCUT2D eigenvalue weighted by molar-refractivity contribution is 5.99. The van der Waals surface area contributed by atoms with Crippen LogP contribution in [0.2, 0.25) is 0 Å². The van der Waals surface area contributed by atoms with Gasteiger partial charge in [0.25, 0.3) is 0 Å². The van der Waals surface area contributed by atoms with Gasteiger partial charge in [-0.25, -0.2) is 4.79 Å². The number of ether oxygens (including phenoxy) is 1. The first-order chi connectivity index (χ1) is 14.1. The van der Waals surface area contributed by atoms with Gasteiger partial charge < -0.3 is 25.1 Å². The van der Waals surface area contributed by atoms with Crippen molar-refractivity contribution in [3.63, 3.8) is 0 Å². The topological polar surface area (TPSA) is 75.5 Å². The standard InChI is InChI=1S/C23H31N3O3/c1-2-28-15-22(10-11-22)14-24-13-17-12-16-6-7-18-19(20(16)29-17)23(26-21(27)25-18)8-4-3-5-9-23/h6-7,12,24H,2-5,8-11,13-15H2,1H3,(H2,25,26,27). The van der Waals surface area contributed by atoms with Crippen LogP contribution >= 0.6 is 0 Å². The first-order valence-corrected chi connectivity index (χ1v) is 11.1. The molecule has 1 aromatic carbocycles. The second-order valence-corrected chi connectivity index (χ2v) is 9.08. The van der Waals surface area contributed by atoms with E-state index in [1.807, 2.05) is 6.07 Å². The molecular formula is C23H31N3O3. The molecule has 0 atom stereocenters. The zero-order chi connectivity index (χ0) is 19.9. The van der Waals surface area contributed by atoms with Crippen LogP contribution in [0.25, 0.3) is 11.0 Å².